The molecule has 0 spiro atoms. The summed E-state index contributed by atoms with van der Waals surface area (Å²) < 4.78 is 15.7. The Labute approximate surface area is 147 Å². The first-order valence-electron chi connectivity index (χ1n) is 8.83. The van der Waals surface area contributed by atoms with Crippen LogP contribution in [0.4, 0.5) is 4.39 Å². The van der Waals surface area contributed by atoms with Gasteiger partial charge in [0, 0.05) is 37.7 Å². The van der Waals surface area contributed by atoms with Crippen molar-refractivity contribution in [2.24, 2.45) is 5.73 Å². The van der Waals surface area contributed by atoms with Crippen LogP contribution in [0.25, 0.3) is 11.0 Å². The van der Waals surface area contributed by atoms with E-state index in [9.17, 15) is 4.39 Å². The normalized spacial score (nSPS) is 21.2. The second kappa shape index (κ2) is 6.58. The standard InChI is InChI=1S/C20H23FN4/c1-2-25-19-9-8-15(21)10-18(19)23-20(25)13-24-11-16(17(22)12-24)14-6-4-3-5-7-14/h3-10,16-17H,2,11-13,22H2,1H3/t16-,17+/m0/s1. The lowest BCUT2D eigenvalue weighted by Gasteiger charge is -2.16. The molecule has 25 heavy (non-hydrogen) atoms. The highest BCUT2D eigenvalue weighted by Crippen LogP contribution is 2.28. The quantitative estimate of drug-likeness (QED) is 0.795. The molecule has 1 saturated heterocycles. The van der Waals surface area contributed by atoms with Crippen LogP contribution in [0.3, 0.4) is 0 Å². The van der Waals surface area contributed by atoms with Crippen molar-refractivity contribution < 1.29 is 4.39 Å². The monoisotopic (exact) mass is 338 g/mol. The maximum Gasteiger partial charge on any atom is 0.125 e. The van der Waals surface area contributed by atoms with Gasteiger partial charge in [0.25, 0.3) is 0 Å². The number of aromatic nitrogens is 2. The highest BCUT2D eigenvalue weighted by molar-refractivity contribution is 5.76. The van der Waals surface area contributed by atoms with E-state index >= 15 is 0 Å². The van der Waals surface area contributed by atoms with E-state index < -0.39 is 0 Å². The van der Waals surface area contributed by atoms with Crippen molar-refractivity contribution in [3.8, 4) is 0 Å². The Morgan fingerprint density at radius 2 is 1.96 bits per heavy atom. The van der Waals surface area contributed by atoms with Gasteiger partial charge in [0.15, 0.2) is 0 Å². The molecule has 0 radical (unpaired) electrons. The van der Waals surface area contributed by atoms with E-state index in [0.717, 1.165) is 43.0 Å². The predicted octanol–water partition coefficient (Wildman–Crippen LogP) is 3.12. The minimum atomic E-state index is -0.243. The van der Waals surface area contributed by atoms with E-state index in [1.165, 1.54) is 17.7 Å². The maximum absolute atomic E-state index is 13.5. The first-order chi connectivity index (χ1) is 12.2. The third kappa shape index (κ3) is 3.05. The number of imidazole rings is 1. The number of rotatable bonds is 4. The number of hydrogen-bond donors (Lipinski definition) is 1. The minimum absolute atomic E-state index is 0.124. The van der Waals surface area contributed by atoms with Crippen molar-refractivity contribution >= 4 is 11.0 Å². The SMILES string of the molecule is CCn1c(CN2C[C@@H](N)[C@H](c3ccccc3)C2)nc2cc(F)ccc21. The lowest BCUT2D eigenvalue weighted by atomic mass is 9.95. The van der Waals surface area contributed by atoms with Gasteiger partial charge in [0.1, 0.15) is 11.6 Å². The molecule has 2 heterocycles. The molecular weight excluding hydrogens is 315 g/mol. The summed E-state index contributed by atoms with van der Waals surface area (Å²) in [6.45, 7) is 5.42. The number of hydrogen-bond acceptors (Lipinski definition) is 3. The lowest BCUT2D eigenvalue weighted by Crippen LogP contribution is -2.29. The summed E-state index contributed by atoms with van der Waals surface area (Å²) >= 11 is 0. The second-order valence-corrected chi connectivity index (χ2v) is 6.78. The van der Waals surface area contributed by atoms with Crippen LogP contribution in [0.15, 0.2) is 48.5 Å². The van der Waals surface area contributed by atoms with Gasteiger partial charge >= 0.3 is 0 Å². The average molecular weight is 338 g/mol. The summed E-state index contributed by atoms with van der Waals surface area (Å²) in [7, 11) is 0. The highest BCUT2D eigenvalue weighted by Gasteiger charge is 2.31. The molecule has 0 bridgehead atoms. The maximum atomic E-state index is 13.5. The Bertz CT molecular complexity index is 874. The molecule has 130 valence electrons. The molecule has 1 aromatic heterocycles. The zero-order valence-corrected chi connectivity index (χ0v) is 14.4. The fourth-order valence-corrected chi connectivity index (χ4v) is 3.92. The molecule has 0 amide bonds. The Morgan fingerprint density at radius 3 is 2.72 bits per heavy atom. The van der Waals surface area contributed by atoms with Crippen LogP contribution in [0, 0.1) is 5.82 Å². The fourth-order valence-electron chi connectivity index (χ4n) is 3.92. The number of aryl methyl sites for hydroxylation is 1. The minimum Gasteiger partial charge on any atom is -0.327 e. The molecule has 0 saturated carbocycles. The summed E-state index contributed by atoms with van der Waals surface area (Å²) in [4.78, 5) is 7.02. The van der Waals surface area contributed by atoms with Crippen molar-refractivity contribution in [3.63, 3.8) is 0 Å². The van der Waals surface area contributed by atoms with Crippen LogP contribution in [-0.4, -0.2) is 33.6 Å². The van der Waals surface area contributed by atoms with E-state index in [1.807, 2.05) is 12.1 Å². The van der Waals surface area contributed by atoms with Crippen molar-refractivity contribution in [2.45, 2.75) is 32.0 Å². The molecule has 4 nitrogen and oxygen atoms in total. The Kier molecular flexibility index (Phi) is 4.27. The Hall–Kier alpha value is -2.24. The average Bonchev–Trinajstić information content (AvgIpc) is 3.14. The number of nitrogens with two attached hydrogens (primary N) is 1. The van der Waals surface area contributed by atoms with E-state index in [2.05, 4.69) is 45.6 Å². The number of halogens is 1. The van der Waals surface area contributed by atoms with Gasteiger partial charge in [-0.2, -0.15) is 0 Å². The third-order valence-electron chi connectivity index (χ3n) is 5.14. The van der Waals surface area contributed by atoms with Gasteiger partial charge < -0.3 is 10.3 Å². The summed E-state index contributed by atoms with van der Waals surface area (Å²) in [6, 6.07) is 15.4. The molecule has 3 aromatic rings. The molecule has 2 atom stereocenters. The second-order valence-electron chi connectivity index (χ2n) is 6.78. The molecule has 0 aliphatic carbocycles. The van der Waals surface area contributed by atoms with Crippen LogP contribution in [0.1, 0.15) is 24.2 Å². The van der Waals surface area contributed by atoms with Crippen LogP contribution in [-0.2, 0) is 13.1 Å². The number of nitrogens with zero attached hydrogens (tertiary/aromatic N) is 3. The fraction of sp³-hybridized carbons (Fsp3) is 0.350. The van der Waals surface area contributed by atoms with Gasteiger partial charge in [0.05, 0.1) is 17.6 Å². The Balaban J connectivity index is 1.58. The lowest BCUT2D eigenvalue weighted by molar-refractivity contribution is 0.310. The van der Waals surface area contributed by atoms with Crippen molar-refractivity contribution in [2.75, 3.05) is 13.1 Å². The largest absolute Gasteiger partial charge is 0.327 e. The van der Waals surface area contributed by atoms with E-state index in [-0.39, 0.29) is 11.9 Å². The molecule has 5 heteroatoms. The van der Waals surface area contributed by atoms with Crippen LogP contribution in [0.5, 0.6) is 0 Å². The van der Waals surface area contributed by atoms with Crippen LogP contribution >= 0.6 is 0 Å². The molecule has 1 aliphatic rings. The van der Waals surface area contributed by atoms with Gasteiger partial charge in [-0.15, -0.1) is 0 Å². The van der Waals surface area contributed by atoms with E-state index in [0.29, 0.717) is 5.92 Å². The first-order valence-corrected chi connectivity index (χ1v) is 8.83. The number of benzene rings is 2. The highest BCUT2D eigenvalue weighted by atomic mass is 19.1. The van der Waals surface area contributed by atoms with Gasteiger partial charge in [-0.3, -0.25) is 4.90 Å². The molecule has 2 N–H and O–H groups in total. The van der Waals surface area contributed by atoms with Crippen molar-refractivity contribution in [1.29, 1.82) is 0 Å². The van der Waals surface area contributed by atoms with Crippen molar-refractivity contribution in [1.82, 2.24) is 14.5 Å². The molecule has 2 aromatic carbocycles. The van der Waals surface area contributed by atoms with Gasteiger partial charge in [0.2, 0.25) is 0 Å². The van der Waals surface area contributed by atoms with E-state index in [4.69, 9.17) is 5.73 Å². The first kappa shape index (κ1) is 16.2. The zero-order chi connectivity index (χ0) is 17.4. The van der Waals surface area contributed by atoms with Gasteiger partial charge in [-0.05, 0) is 24.6 Å². The molecule has 4 rings (SSSR count). The molecule has 0 unspecified atom stereocenters. The van der Waals surface area contributed by atoms with Crippen LogP contribution < -0.4 is 5.73 Å². The Morgan fingerprint density at radius 1 is 1.16 bits per heavy atom. The molecule has 1 fully saturated rings. The third-order valence-corrected chi connectivity index (χ3v) is 5.14. The van der Waals surface area contributed by atoms with Gasteiger partial charge in [-0.1, -0.05) is 30.3 Å². The molecular formula is C20H23FN4. The predicted molar refractivity (Wildman–Crippen MR) is 97.8 cm³/mol. The van der Waals surface area contributed by atoms with Crippen LogP contribution in [0.2, 0.25) is 0 Å². The summed E-state index contributed by atoms with van der Waals surface area (Å²) in [5, 5.41) is 0. The number of likely N-dealkylation sites (tertiary alicyclic amines) is 1. The topological polar surface area (TPSA) is 47.1 Å². The number of fused-ring (bicyclic) bond motifs is 1. The summed E-state index contributed by atoms with van der Waals surface area (Å²) in [5.41, 5.74) is 9.41. The summed E-state index contributed by atoms with van der Waals surface area (Å²) in [5.74, 6) is 1.08. The van der Waals surface area contributed by atoms with Gasteiger partial charge in [-0.25, -0.2) is 9.37 Å². The zero-order valence-electron chi connectivity index (χ0n) is 14.4. The van der Waals surface area contributed by atoms with E-state index in [1.54, 1.807) is 0 Å². The van der Waals surface area contributed by atoms with Crippen molar-refractivity contribution in [3.05, 3.63) is 65.7 Å². The molecule has 1 aliphatic heterocycles. The summed E-state index contributed by atoms with van der Waals surface area (Å²) in [6.07, 6.45) is 0. The smallest absolute Gasteiger partial charge is 0.125 e.